The summed E-state index contributed by atoms with van der Waals surface area (Å²) in [5, 5.41) is 20.2. The topological polar surface area (TPSA) is 186 Å². The Morgan fingerprint density at radius 3 is 1.67 bits per heavy atom. The maximum Gasteiger partial charge on any atom is 0.394 e. The molecule has 6 aromatic rings. The summed E-state index contributed by atoms with van der Waals surface area (Å²) in [7, 11) is 3.39. The van der Waals surface area contributed by atoms with E-state index < -0.39 is 30.8 Å². The first-order chi connectivity index (χ1) is 36.4. The number of aromatic nitrogens is 4. The largest absolute Gasteiger partial charge is 0.474 e. The summed E-state index contributed by atoms with van der Waals surface area (Å²) in [5.74, 6) is -1.56. The van der Waals surface area contributed by atoms with Crippen LogP contribution in [0.2, 0.25) is 10.0 Å². The van der Waals surface area contributed by atoms with Gasteiger partial charge in [-0.25, -0.2) is 14.8 Å². The van der Waals surface area contributed by atoms with Crippen LogP contribution in [0.3, 0.4) is 0 Å². The smallest absolute Gasteiger partial charge is 0.394 e. The molecule has 15 nitrogen and oxygen atoms in total. The van der Waals surface area contributed by atoms with Gasteiger partial charge in [0.2, 0.25) is 0 Å². The number of alkyl halides is 1. The second kappa shape index (κ2) is 26.7. The minimum absolute atomic E-state index is 0.155. The number of carbonyl (C=O) groups is 4. The third-order valence-corrected chi connectivity index (χ3v) is 17.6. The van der Waals surface area contributed by atoms with E-state index in [1.165, 1.54) is 87.7 Å². The quantitative estimate of drug-likeness (QED) is 0.116. The van der Waals surface area contributed by atoms with Gasteiger partial charge in [0, 0.05) is 24.4 Å². The zero-order valence-corrected chi connectivity index (χ0v) is 46.7. The fourth-order valence-corrected chi connectivity index (χ4v) is 12.4. The van der Waals surface area contributed by atoms with Crippen molar-refractivity contribution in [1.29, 1.82) is 0 Å². The highest BCUT2D eigenvalue weighted by Gasteiger charge is 2.35. The number of anilines is 2. The number of carboxylic acid groups (broad SMARTS) is 1. The highest BCUT2D eigenvalue weighted by molar-refractivity contribution is 7.19. The molecule has 4 N–H and O–H groups in total. The Morgan fingerprint density at radius 1 is 0.707 bits per heavy atom. The van der Waals surface area contributed by atoms with Gasteiger partial charge in [-0.3, -0.25) is 28.7 Å². The monoisotopic (exact) mass is 1100 g/mol. The van der Waals surface area contributed by atoms with Gasteiger partial charge in [-0.1, -0.05) is 49.2 Å². The van der Waals surface area contributed by atoms with Gasteiger partial charge >= 0.3 is 23.7 Å². The molecule has 20 heteroatoms. The average Bonchev–Trinajstić information content (AvgIpc) is 4.05. The number of aryl methyl sites for hydroxylation is 2. The van der Waals surface area contributed by atoms with Crippen molar-refractivity contribution in [1.82, 2.24) is 40.0 Å². The summed E-state index contributed by atoms with van der Waals surface area (Å²) in [6, 6.07) is 16.7. The number of thiazole rings is 2. The lowest BCUT2D eigenvalue weighted by molar-refractivity contribution is -0.147. The van der Waals surface area contributed by atoms with Crippen molar-refractivity contribution in [3.8, 4) is 0 Å². The molecule has 2 aromatic carbocycles. The predicted molar refractivity (Wildman–Crippen MR) is 300 cm³/mol. The Kier molecular flexibility index (Phi) is 19.9. The molecule has 10 rings (SSSR count). The molecular formula is C55H69Cl2FN10O5S2. The molecule has 0 saturated carbocycles. The minimum atomic E-state index is -1.55. The summed E-state index contributed by atoms with van der Waals surface area (Å²) in [4.78, 5) is 71.7. The van der Waals surface area contributed by atoms with Gasteiger partial charge in [0.05, 0.1) is 90.2 Å². The number of likely N-dealkylation sites (tertiary alicyclic amines) is 3. The number of carboxylic acids is 1. The molecule has 4 aliphatic rings. The van der Waals surface area contributed by atoms with E-state index >= 15 is 0 Å². The number of pyridine rings is 2. The number of nitrogens with zero attached hydrogens (tertiary/aromatic N) is 7. The van der Waals surface area contributed by atoms with Gasteiger partial charge in [-0.05, 0) is 171 Å². The van der Waals surface area contributed by atoms with Crippen LogP contribution in [0.4, 0.5) is 15.8 Å². The van der Waals surface area contributed by atoms with Gasteiger partial charge in [-0.2, -0.15) is 0 Å². The number of fused-ring (bicyclic) bond motifs is 2. The number of hydrogen-bond donors (Lipinski definition) is 4. The van der Waals surface area contributed by atoms with Crippen LogP contribution in [-0.2, 0) is 19.2 Å². The highest BCUT2D eigenvalue weighted by atomic mass is 35.5. The summed E-state index contributed by atoms with van der Waals surface area (Å²) in [6.07, 6.45) is 12.0. The van der Waals surface area contributed by atoms with Crippen molar-refractivity contribution in [2.24, 2.45) is 11.8 Å². The van der Waals surface area contributed by atoms with E-state index in [-0.39, 0.29) is 11.7 Å². The van der Waals surface area contributed by atoms with E-state index in [4.69, 9.17) is 39.6 Å². The number of hydrogen-bond acceptors (Lipinski definition) is 13. The van der Waals surface area contributed by atoms with E-state index in [1.807, 2.05) is 11.3 Å². The van der Waals surface area contributed by atoms with Crippen LogP contribution >= 0.6 is 45.9 Å². The van der Waals surface area contributed by atoms with Gasteiger partial charge in [-0.15, -0.1) is 22.7 Å². The first-order valence-electron chi connectivity index (χ1n) is 26.3. The molecular weight excluding hydrogens is 1030 g/mol. The third-order valence-electron chi connectivity index (χ3n) is 14.5. The Balaban J connectivity index is 0.000000179. The predicted octanol–water partition coefficient (Wildman–Crippen LogP) is 11.2. The molecule has 402 valence electrons. The maximum absolute atomic E-state index is 13.3. The van der Waals surface area contributed by atoms with Crippen molar-refractivity contribution in [3.05, 3.63) is 103 Å². The molecule has 4 aromatic heterocycles. The highest BCUT2D eigenvalue weighted by Crippen LogP contribution is 2.39. The zero-order chi connectivity index (χ0) is 54.6. The van der Waals surface area contributed by atoms with E-state index in [2.05, 4.69) is 100 Å². The minimum Gasteiger partial charge on any atom is -0.474 e. The summed E-state index contributed by atoms with van der Waals surface area (Å²) >= 11 is 15.5. The fraction of sp³-hybridized carbons (Fsp3) is 0.491. The molecule has 0 spiro atoms. The molecule has 8 heterocycles. The molecule has 0 radical (unpaired) electrons. The van der Waals surface area contributed by atoms with Gasteiger partial charge in [0.15, 0.2) is 0 Å². The Hall–Kier alpha value is -5.21. The second-order valence-corrected chi connectivity index (χ2v) is 23.2. The molecule has 0 unspecified atom stereocenters. The summed E-state index contributed by atoms with van der Waals surface area (Å²) in [6.45, 7) is 14.2. The van der Waals surface area contributed by atoms with Crippen LogP contribution in [-0.4, -0.2) is 124 Å². The summed E-state index contributed by atoms with van der Waals surface area (Å²) in [5.41, 5.74) is 6.61. The first-order valence-corrected chi connectivity index (χ1v) is 27.9. The van der Waals surface area contributed by atoms with Crippen molar-refractivity contribution < 1.29 is 30.0 Å². The second-order valence-electron chi connectivity index (χ2n) is 20.3. The van der Waals surface area contributed by atoms with Gasteiger partial charge in [0.25, 0.3) is 0 Å². The van der Waals surface area contributed by atoms with Crippen molar-refractivity contribution in [2.45, 2.75) is 103 Å². The van der Waals surface area contributed by atoms with Crippen LogP contribution in [0.15, 0.2) is 60.9 Å². The Bertz CT molecular complexity index is 2940. The number of carbonyl (C=O) groups excluding carboxylic acids is 3. The van der Waals surface area contributed by atoms with Crippen LogP contribution in [0, 0.1) is 25.7 Å². The summed E-state index contributed by atoms with van der Waals surface area (Å²) < 4.78 is 18.0. The van der Waals surface area contributed by atoms with Crippen molar-refractivity contribution >= 4 is 101 Å². The maximum atomic E-state index is 13.3. The van der Waals surface area contributed by atoms with Crippen LogP contribution in [0.5, 0.6) is 0 Å². The van der Waals surface area contributed by atoms with E-state index in [0.29, 0.717) is 57.5 Å². The number of piperidine rings is 4. The Labute approximate surface area is 458 Å². The Morgan fingerprint density at radius 2 is 1.19 bits per heavy atom. The van der Waals surface area contributed by atoms with Gasteiger partial charge < -0.3 is 35.8 Å². The molecule has 4 atom stereocenters. The van der Waals surface area contributed by atoms with E-state index in [9.17, 15) is 23.6 Å². The molecule has 75 heavy (non-hydrogen) atoms. The van der Waals surface area contributed by atoms with Gasteiger partial charge in [0.1, 0.15) is 0 Å². The first kappa shape index (κ1) is 56.0. The molecule has 0 aliphatic carbocycles. The number of nitrogens with one attached hydrogen (secondary N) is 3. The number of amides is 3. The average molecular weight is 1110 g/mol. The number of rotatable bonds is 6. The zero-order valence-electron chi connectivity index (χ0n) is 44.5. The molecule has 4 fully saturated rings. The van der Waals surface area contributed by atoms with Crippen LogP contribution < -0.4 is 16.0 Å². The number of aliphatic carboxylic acids is 1. The third kappa shape index (κ3) is 15.3. The number of halogens is 3. The fourth-order valence-electron chi connectivity index (χ4n) is 9.86. The van der Waals surface area contributed by atoms with Crippen molar-refractivity contribution in [3.63, 3.8) is 0 Å². The molecule has 4 aliphatic heterocycles. The molecule has 0 bridgehead atoms. The SMILES string of the molecule is C[C@H]1CC[C@H](c2ccc3sc(C4CCN(C)CC4)nc3c2)NC1.Cc1ncc(NC(=O)C(=O)N2C[C@@H](C)CC[C@@H]2c2ccc3sc(C4CCN(C)CC4)nc3c2)cc1Cl.Cc1ncc(NC(=O)C(=O)O)cc1Cl.[2H]CF. The number of benzene rings is 2. The van der Waals surface area contributed by atoms with Crippen molar-refractivity contribution in [2.75, 3.05) is 71.2 Å². The van der Waals surface area contributed by atoms with E-state index in [1.54, 1.807) is 36.2 Å². The lowest BCUT2D eigenvalue weighted by atomic mass is 9.89. The standard InChI is InChI=1S/C27H32ClN5O2S.C19H27N3S.C8H7ClN2O3.CH3F/c1-16-4-6-23(33(15-16)27(35)25(34)30-20-13-21(28)17(2)29-14-20)19-5-7-24-22(12-19)31-26(36-24)18-8-10-32(3)11-9-18;1-13-3-5-16(20-12-13)15-4-6-18-17(11-15)21-19(23-18)14-7-9-22(2)10-8-14;1-4-6(9)2-5(3-10-4)11-7(12)8(13)14;1-2/h5,7,12-14,16,18,23H,4,6,8-11,15H2,1-3H3,(H,30,34);4,6,11,13-14,16,20H,3,5,7-10,12H2,1-2H3;2-3H,1H3,(H,11,12)(H,13,14);1H3/t16-,23+;13-,16+;;/m00../s1/i;;;1D. The lowest BCUT2D eigenvalue weighted by Gasteiger charge is -2.38. The molecule has 4 saturated heterocycles. The lowest BCUT2D eigenvalue weighted by Crippen LogP contribution is -2.46. The molecule has 3 amide bonds. The van der Waals surface area contributed by atoms with E-state index in [0.717, 1.165) is 62.3 Å². The normalized spacial score (nSPS) is 20.9. The van der Waals surface area contributed by atoms with Crippen LogP contribution in [0.25, 0.3) is 20.4 Å². The van der Waals surface area contributed by atoms with Crippen LogP contribution in [0.1, 0.15) is 123 Å².